The highest BCUT2D eigenvalue weighted by Gasteiger charge is 2.49. The highest BCUT2D eigenvalue weighted by atomic mass is 16.5. The number of hydrogen-bond acceptors (Lipinski definition) is 4. The molecule has 2 fully saturated rings. The Labute approximate surface area is 194 Å². The minimum absolute atomic E-state index is 0.00954. The SMILES string of the molecule is CCCOc1ccc(NC(=O)C[C@@H]2C(=O)N(c3ccc(C)cc3)C(=O)N2C2CCCC2)cc1. The molecule has 2 aromatic rings. The normalized spacial score (nSPS) is 18.8. The van der Waals surface area contributed by atoms with Crippen LogP contribution in [0.1, 0.15) is 51.0 Å². The molecule has 174 valence electrons. The molecule has 4 rings (SSSR count). The zero-order chi connectivity index (χ0) is 23.4. The van der Waals surface area contributed by atoms with E-state index in [0.29, 0.717) is 18.0 Å². The first-order chi connectivity index (χ1) is 16.0. The van der Waals surface area contributed by atoms with Crippen LogP contribution in [-0.4, -0.2) is 41.4 Å². The van der Waals surface area contributed by atoms with E-state index >= 15 is 0 Å². The molecule has 1 aliphatic heterocycles. The second kappa shape index (κ2) is 10.1. The Morgan fingerprint density at radius 2 is 1.70 bits per heavy atom. The van der Waals surface area contributed by atoms with Crippen molar-refractivity contribution in [2.24, 2.45) is 0 Å². The molecular weight excluding hydrogens is 418 g/mol. The van der Waals surface area contributed by atoms with Crippen molar-refractivity contribution in [2.75, 3.05) is 16.8 Å². The number of carbonyl (C=O) groups is 3. The quantitative estimate of drug-likeness (QED) is 0.582. The molecule has 0 bridgehead atoms. The Bertz CT molecular complexity index is 997. The van der Waals surface area contributed by atoms with Crippen LogP contribution in [-0.2, 0) is 9.59 Å². The van der Waals surface area contributed by atoms with Crippen molar-refractivity contribution in [1.82, 2.24) is 4.90 Å². The summed E-state index contributed by atoms with van der Waals surface area (Å²) in [5, 5.41) is 2.86. The summed E-state index contributed by atoms with van der Waals surface area (Å²) >= 11 is 0. The summed E-state index contributed by atoms with van der Waals surface area (Å²) in [6.07, 6.45) is 4.62. The maximum atomic E-state index is 13.4. The minimum atomic E-state index is -0.797. The van der Waals surface area contributed by atoms with Crippen molar-refractivity contribution in [3.8, 4) is 5.75 Å². The van der Waals surface area contributed by atoms with Crippen molar-refractivity contribution in [3.63, 3.8) is 0 Å². The minimum Gasteiger partial charge on any atom is -0.494 e. The van der Waals surface area contributed by atoms with E-state index in [4.69, 9.17) is 4.74 Å². The van der Waals surface area contributed by atoms with Gasteiger partial charge in [-0.25, -0.2) is 9.69 Å². The molecule has 1 saturated heterocycles. The van der Waals surface area contributed by atoms with Crippen molar-refractivity contribution in [1.29, 1.82) is 0 Å². The monoisotopic (exact) mass is 449 g/mol. The molecule has 1 atom stereocenters. The van der Waals surface area contributed by atoms with Crippen molar-refractivity contribution >= 4 is 29.2 Å². The molecule has 2 aromatic carbocycles. The molecular formula is C26H31N3O4. The molecule has 0 spiro atoms. The van der Waals surface area contributed by atoms with Crippen LogP contribution in [0.2, 0.25) is 0 Å². The van der Waals surface area contributed by atoms with Crippen LogP contribution in [0.25, 0.3) is 0 Å². The summed E-state index contributed by atoms with van der Waals surface area (Å²) in [6.45, 7) is 4.63. The van der Waals surface area contributed by atoms with Crippen LogP contribution in [0.5, 0.6) is 5.75 Å². The molecule has 0 radical (unpaired) electrons. The van der Waals surface area contributed by atoms with E-state index < -0.39 is 6.04 Å². The van der Waals surface area contributed by atoms with Crippen LogP contribution in [0, 0.1) is 6.92 Å². The van der Waals surface area contributed by atoms with Crippen LogP contribution >= 0.6 is 0 Å². The smallest absolute Gasteiger partial charge is 0.332 e. The van der Waals surface area contributed by atoms with Crippen molar-refractivity contribution in [2.45, 2.75) is 64.5 Å². The fraction of sp³-hybridized carbons (Fsp3) is 0.423. The van der Waals surface area contributed by atoms with Crippen molar-refractivity contribution < 1.29 is 19.1 Å². The van der Waals surface area contributed by atoms with Gasteiger partial charge in [0, 0.05) is 11.7 Å². The third kappa shape index (κ3) is 5.02. The van der Waals surface area contributed by atoms with Gasteiger partial charge in [0.2, 0.25) is 5.91 Å². The number of amides is 4. The topological polar surface area (TPSA) is 79.0 Å². The second-order valence-electron chi connectivity index (χ2n) is 8.78. The van der Waals surface area contributed by atoms with Crippen molar-refractivity contribution in [3.05, 3.63) is 54.1 Å². The van der Waals surface area contributed by atoms with Gasteiger partial charge in [-0.15, -0.1) is 0 Å². The predicted octanol–water partition coefficient (Wildman–Crippen LogP) is 4.89. The first-order valence-electron chi connectivity index (χ1n) is 11.7. The first-order valence-corrected chi connectivity index (χ1v) is 11.7. The molecule has 7 heteroatoms. The van der Waals surface area contributed by atoms with Crippen LogP contribution in [0.15, 0.2) is 48.5 Å². The fourth-order valence-electron chi connectivity index (χ4n) is 4.56. The van der Waals surface area contributed by atoms with E-state index in [1.54, 1.807) is 41.3 Å². The number of nitrogens with zero attached hydrogens (tertiary/aromatic N) is 2. The molecule has 1 N–H and O–H groups in total. The summed E-state index contributed by atoms with van der Waals surface area (Å²) in [5.74, 6) is 0.110. The van der Waals surface area contributed by atoms with Crippen LogP contribution in [0.3, 0.4) is 0 Å². The highest BCUT2D eigenvalue weighted by molar-refractivity contribution is 6.22. The molecule has 1 aliphatic carbocycles. The summed E-state index contributed by atoms with van der Waals surface area (Å²) < 4.78 is 5.57. The lowest BCUT2D eigenvalue weighted by Gasteiger charge is -2.27. The summed E-state index contributed by atoms with van der Waals surface area (Å²) in [7, 11) is 0. The third-order valence-electron chi connectivity index (χ3n) is 6.25. The van der Waals surface area contributed by atoms with E-state index in [0.717, 1.165) is 43.4 Å². The Morgan fingerprint density at radius 3 is 2.33 bits per heavy atom. The number of hydrogen-bond donors (Lipinski definition) is 1. The number of ether oxygens (including phenoxy) is 1. The maximum absolute atomic E-state index is 13.4. The van der Waals surface area contributed by atoms with Gasteiger partial charge in [-0.3, -0.25) is 9.59 Å². The molecule has 0 aromatic heterocycles. The lowest BCUT2D eigenvalue weighted by atomic mass is 10.1. The van der Waals surface area contributed by atoms with E-state index in [-0.39, 0.29) is 30.3 Å². The number of rotatable bonds is 8. The lowest BCUT2D eigenvalue weighted by Crippen LogP contribution is -2.43. The summed E-state index contributed by atoms with van der Waals surface area (Å²) in [6, 6.07) is 13.3. The maximum Gasteiger partial charge on any atom is 0.332 e. The molecule has 2 aliphatic rings. The van der Waals surface area contributed by atoms with E-state index in [1.165, 1.54) is 4.90 Å². The Morgan fingerprint density at radius 1 is 1.03 bits per heavy atom. The molecule has 0 unspecified atom stereocenters. The number of aryl methyl sites for hydroxylation is 1. The number of imide groups is 1. The van der Waals surface area contributed by atoms with E-state index in [9.17, 15) is 14.4 Å². The van der Waals surface area contributed by atoms with Gasteiger partial charge in [0.15, 0.2) is 0 Å². The Balaban J connectivity index is 1.50. The molecule has 1 saturated carbocycles. The number of benzene rings is 2. The average molecular weight is 450 g/mol. The molecule has 4 amide bonds. The zero-order valence-electron chi connectivity index (χ0n) is 19.3. The zero-order valence-corrected chi connectivity index (χ0v) is 19.3. The van der Waals surface area contributed by atoms with Gasteiger partial charge in [-0.1, -0.05) is 37.5 Å². The molecule has 7 nitrogen and oxygen atoms in total. The van der Waals surface area contributed by atoms with Gasteiger partial charge in [0.1, 0.15) is 11.8 Å². The van der Waals surface area contributed by atoms with Gasteiger partial charge in [0.25, 0.3) is 5.91 Å². The molecule has 33 heavy (non-hydrogen) atoms. The first kappa shape index (κ1) is 22.8. The molecule has 1 heterocycles. The van der Waals surface area contributed by atoms with Crippen LogP contribution in [0.4, 0.5) is 16.2 Å². The second-order valence-corrected chi connectivity index (χ2v) is 8.78. The highest BCUT2D eigenvalue weighted by Crippen LogP contribution is 2.34. The number of anilines is 2. The van der Waals surface area contributed by atoms with Gasteiger partial charge in [-0.2, -0.15) is 0 Å². The fourth-order valence-corrected chi connectivity index (χ4v) is 4.56. The van der Waals surface area contributed by atoms with Gasteiger partial charge < -0.3 is 15.0 Å². The Hall–Kier alpha value is -3.35. The summed E-state index contributed by atoms with van der Waals surface area (Å²) in [5.41, 5.74) is 2.22. The lowest BCUT2D eigenvalue weighted by molar-refractivity contribution is -0.124. The Kier molecular flexibility index (Phi) is 6.96. The third-order valence-corrected chi connectivity index (χ3v) is 6.25. The number of carbonyl (C=O) groups excluding carboxylic acids is 3. The van der Waals surface area contributed by atoms with Gasteiger partial charge in [0.05, 0.1) is 18.7 Å². The largest absolute Gasteiger partial charge is 0.494 e. The summed E-state index contributed by atoms with van der Waals surface area (Å²) in [4.78, 5) is 42.5. The average Bonchev–Trinajstić information content (AvgIpc) is 3.41. The number of urea groups is 1. The van der Waals surface area contributed by atoms with E-state index in [2.05, 4.69) is 5.32 Å². The van der Waals surface area contributed by atoms with Gasteiger partial charge in [-0.05, 0) is 62.6 Å². The standard InChI is InChI=1S/C26H31N3O4/c1-3-16-33-22-14-10-19(11-15-22)27-24(30)17-23-25(31)29(21-12-8-18(2)9-13-21)26(32)28(23)20-6-4-5-7-20/h8-15,20,23H,3-7,16-17H2,1-2H3,(H,27,30)/t23-/m1/s1. The van der Waals surface area contributed by atoms with E-state index in [1.807, 2.05) is 26.0 Å². The number of nitrogens with one attached hydrogen (secondary N) is 1. The van der Waals surface area contributed by atoms with Crippen LogP contribution < -0.4 is 15.0 Å². The van der Waals surface area contributed by atoms with Gasteiger partial charge >= 0.3 is 6.03 Å². The predicted molar refractivity (Wildman–Crippen MR) is 127 cm³/mol.